The molecule has 0 spiro atoms. The molecule has 1 rings (SSSR count). The van der Waals surface area contributed by atoms with Crippen LogP contribution in [0.25, 0.3) is 0 Å². The van der Waals surface area contributed by atoms with E-state index in [0.717, 1.165) is 32.5 Å². The molecule has 0 saturated carbocycles. The average molecular weight is 347 g/mol. The molecule has 23 heavy (non-hydrogen) atoms. The molecule has 2 N–H and O–H groups in total. The molecule has 0 aromatic heterocycles. The van der Waals surface area contributed by atoms with E-state index in [-0.39, 0.29) is 6.54 Å². The second-order valence-corrected chi connectivity index (χ2v) is 9.92. The topological polar surface area (TPSA) is 73.8 Å². The highest BCUT2D eigenvalue weighted by molar-refractivity contribution is 7.92. The molecule has 0 radical (unpaired) electrons. The molecule has 0 unspecified atom stereocenters. The minimum Gasteiger partial charge on any atom is -0.357 e. The van der Waals surface area contributed by atoms with Gasteiger partial charge in [0.2, 0.25) is 0 Å². The standard InChI is InChI=1S/C16H34N4O2S/c1-7-17-15(18-12-16(4,5)23(6,21)22)19-14-8-10-20(11-9-14)13(2)3/h13-14H,7-12H2,1-6H3,(H2,17,18,19). The molecule has 0 aliphatic carbocycles. The Morgan fingerprint density at radius 1 is 1.30 bits per heavy atom. The van der Waals surface area contributed by atoms with Gasteiger partial charge in [0.05, 0.1) is 11.3 Å². The number of guanidine groups is 1. The van der Waals surface area contributed by atoms with Crippen LogP contribution in [0.4, 0.5) is 0 Å². The van der Waals surface area contributed by atoms with Gasteiger partial charge >= 0.3 is 0 Å². The van der Waals surface area contributed by atoms with Gasteiger partial charge in [-0.2, -0.15) is 0 Å². The number of hydrogen-bond acceptors (Lipinski definition) is 4. The van der Waals surface area contributed by atoms with Crippen molar-refractivity contribution in [2.45, 2.75) is 64.3 Å². The third-order valence-corrected chi connectivity index (χ3v) is 6.70. The fraction of sp³-hybridized carbons (Fsp3) is 0.938. The van der Waals surface area contributed by atoms with E-state index in [0.29, 0.717) is 18.0 Å². The van der Waals surface area contributed by atoms with Gasteiger partial charge in [0.1, 0.15) is 0 Å². The smallest absolute Gasteiger partial charge is 0.191 e. The van der Waals surface area contributed by atoms with Crippen LogP contribution in [0.2, 0.25) is 0 Å². The molecule has 1 aliphatic heterocycles. The fourth-order valence-electron chi connectivity index (χ4n) is 2.46. The number of likely N-dealkylation sites (tertiary alicyclic amines) is 1. The van der Waals surface area contributed by atoms with Crippen LogP contribution in [-0.2, 0) is 9.84 Å². The number of rotatable bonds is 6. The van der Waals surface area contributed by atoms with Gasteiger partial charge in [0, 0.05) is 38.0 Å². The van der Waals surface area contributed by atoms with Gasteiger partial charge in [-0.1, -0.05) is 0 Å². The fourth-order valence-corrected chi connectivity index (χ4v) is 2.76. The van der Waals surface area contributed by atoms with E-state index < -0.39 is 14.6 Å². The summed E-state index contributed by atoms with van der Waals surface area (Å²) in [5.41, 5.74) is 0. The van der Waals surface area contributed by atoms with Gasteiger partial charge < -0.3 is 15.5 Å². The molecule has 1 fully saturated rings. The van der Waals surface area contributed by atoms with Gasteiger partial charge in [-0.15, -0.1) is 0 Å². The Bertz CT molecular complexity index is 492. The monoisotopic (exact) mass is 346 g/mol. The Hall–Kier alpha value is -0.820. The predicted octanol–water partition coefficient (Wildman–Crippen LogP) is 1.24. The number of nitrogens with one attached hydrogen (secondary N) is 2. The second-order valence-electron chi connectivity index (χ2n) is 7.28. The maximum Gasteiger partial charge on any atom is 0.191 e. The Balaban J connectivity index is 2.64. The van der Waals surface area contributed by atoms with Crippen LogP contribution in [0.1, 0.15) is 47.5 Å². The molecule has 1 heterocycles. The van der Waals surface area contributed by atoms with E-state index in [2.05, 4.69) is 34.4 Å². The van der Waals surface area contributed by atoms with Crippen LogP contribution in [0.3, 0.4) is 0 Å². The molecule has 0 bridgehead atoms. The van der Waals surface area contributed by atoms with E-state index in [4.69, 9.17) is 0 Å². The van der Waals surface area contributed by atoms with E-state index in [9.17, 15) is 8.42 Å². The van der Waals surface area contributed by atoms with Crippen molar-refractivity contribution < 1.29 is 8.42 Å². The van der Waals surface area contributed by atoms with Gasteiger partial charge in [0.25, 0.3) is 0 Å². The summed E-state index contributed by atoms with van der Waals surface area (Å²) in [6.07, 6.45) is 3.43. The lowest BCUT2D eigenvalue weighted by Crippen LogP contribution is -2.50. The zero-order chi connectivity index (χ0) is 17.7. The van der Waals surface area contributed by atoms with Crippen LogP contribution in [0.15, 0.2) is 4.99 Å². The number of sulfone groups is 1. The second kappa shape index (κ2) is 8.33. The minimum absolute atomic E-state index is 0.256. The quantitative estimate of drug-likeness (QED) is 0.559. The van der Waals surface area contributed by atoms with Gasteiger partial charge in [0.15, 0.2) is 15.8 Å². The van der Waals surface area contributed by atoms with Crippen LogP contribution in [0.5, 0.6) is 0 Å². The zero-order valence-electron chi connectivity index (χ0n) is 15.5. The summed E-state index contributed by atoms with van der Waals surface area (Å²) < 4.78 is 22.7. The van der Waals surface area contributed by atoms with Crippen LogP contribution < -0.4 is 10.6 Å². The summed E-state index contributed by atoms with van der Waals surface area (Å²) in [6.45, 7) is 13.1. The van der Waals surface area contributed by atoms with Crippen molar-refractivity contribution in [2.75, 3.05) is 32.4 Å². The van der Waals surface area contributed by atoms with Crippen LogP contribution in [-0.4, -0.2) is 68.5 Å². The van der Waals surface area contributed by atoms with Crippen molar-refractivity contribution in [2.24, 2.45) is 4.99 Å². The normalized spacial score (nSPS) is 19.2. The third-order valence-electron chi connectivity index (χ3n) is 4.57. The molecule has 6 nitrogen and oxygen atoms in total. The summed E-state index contributed by atoms with van der Waals surface area (Å²) in [4.78, 5) is 6.98. The molecular weight excluding hydrogens is 312 g/mol. The Morgan fingerprint density at radius 2 is 1.87 bits per heavy atom. The lowest BCUT2D eigenvalue weighted by Gasteiger charge is -2.35. The largest absolute Gasteiger partial charge is 0.357 e. The van der Waals surface area contributed by atoms with Crippen LogP contribution >= 0.6 is 0 Å². The van der Waals surface area contributed by atoms with Crippen molar-refractivity contribution in [3.05, 3.63) is 0 Å². The lowest BCUT2D eigenvalue weighted by atomic mass is 10.0. The predicted molar refractivity (Wildman–Crippen MR) is 97.8 cm³/mol. The highest BCUT2D eigenvalue weighted by Gasteiger charge is 2.30. The summed E-state index contributed by atoms with van der Waals surface area (Å²) in [5, 5.41) is 6.68. The first-order valence-corrected chi connectivity index (χ1v) is 10.4. The van der Waals surface area contributed by atoms with Crippen molar-refractivity contribution in [3.63, 3.8) is 0 Å². The maximum absolute atomic E-state index is 11.8. The third kappa shape index (κ3) is 6.30. The van der Waals surface area contributed by atoms with E-state index in [1.54, 1.807) is 13.8 Å². The molecule has 136 valence electrons. The highest BCUT2D eigenvalue weighted by atomic mass is 32.2. The van der Waals surface area contributed by atoms with Crippen molar-refractivity contribution >= 4 is 15.8 Å². The SMILES string of the molecule is CCNC(=NCC(C)(C)S(C)(=O)=O)NC1CCN(C(C)C)CC1. The van der Waals surface area contributed by atoms with Gasteiger partial charge in [-0.25, -0.2) is 8.42 Å². The maximum atomic E-state index is 11.8. The minimum atomic E-state index is -3.13. The number of aliphatic imine (C=N–C) groups is 1. The molecule has 1 saturated heterocycles. The summed E-state index contributed by atoms with van der Waals surface area (Å²) in [5.74, 6) is 0.715. The average Bonchev–Trinajstić information content (AvgIpc) is 2.44. The summed E-state index contributed by atoms with van der Waals surface area (Å²) >= 11 is 0. The van der Waals surface area contributed by atoms with Crippen LogP contribution in [0, 0.1) is 0 Å². The number of piperidine rings is 1. The van der Waals surface area contributed by atoms with Crippen molar-refractivity contribution in [3.8, 4) is 0 Å². The van der Waals surface area contributed by atoms with Crippen molar-refractivity contribution in [1.82, 2.24) is 15.5 Å². The Labute approximate surface area is 142 Å². The van der Waals surface area contributed by atoms with E-state index in [1.165, 1.54) is 6.26 Å². The molecule has 0 aromatic carbocycles. The van der Waals surface area contributed by atoms with Gasteiger partial charge in [-0.05, 0) is 47.5 Å². The highest BCUT2D eigenvalue weighted by Crippen LogP contribution is 2.16. The Kier molecular flexibility index (Phi) is 7.32. The Morgan fingerprint density at radius 3 is 2.30 bits per heavy atom. The van der Waals surface area contributed by atoms with Gasteiger partial charge in [-0.3, -0.25) is 4.99 Å². The first-order chi connectivity index (χ1) is 10.6. The summed E-state index contributed by atoms with van der Waals surface area (Å²) in [6, 6.07) is 0.984. The summed E-state index contributed by atoms with van der Waals surface area (Å²) in [7, 11) is -3.13. The molecule has 0 atom stereocenters. The first-order valence-electron chi connectivity index (χ1n) is 8.55. The number of hydrogen-bond donors (Lipinski definition) is 2. The van der Waals surface area contributed by atoms with E-state index >= 15 is 0 Å². The first kappa shape index (κ1) is 20.2. The lowest BCUT2D eigenvalue weighted by molar-refractivity contribution is 0.167. The molecule has 1 aliphatic rings. The molecule has 0 amide bonds. The molecule has 0 aromatic rings. The molecule has 7 heteroatoms. The zero-order valence-corrected chi connectivity index (χ0v) is 16.3. The molecular formula is C16H34N4O2S. The van der Waals surface area contributed by atoms with Crippen molar-refractivity contribution in [1.29, 1.82) is 0 Å². The van der Waals surface area contributed by atoms with E-state index in [1.807, 2.05) is 6.92 Å². The number of nitrogens with zero attached hydrogens (tertiary/aromatic N) is 2.